The van der Waals surface area contributed by atoms with E-state index in [0.29, 0.717) is 19.3 Å². The van der Waals surface area contributed by atoms with E-state index in [0.717, 1.165) is 160 Å². The minimum Gasteiger partial charge on any atom is -0.359 e. The average Bonchev–Trinajstić information content (AvgIpc) is 0.935. The van der Waals surface area contributed by atoms with Crippen LogP contribution in [0.3, 0.4) is 0 Å². The largest absolute Gasteiger partial charge is 0.359 e. The number of rotatable bonds is 14. The number of H-pyrrole nitrogens is 1. The van der Waals surface area contributed by atoms with Crippen LogP contribution >= 0.6 is 0 Å². The number of benzene rings is 6. The molecule has 4 aliphatic heterocycles. The molecule has 138 heavy (non-hydrogen) atoms. The summed E-state index contributed by atoms with van der Waals surface area (Å²) in [5.41, 5.74) is 35.4. The van der Waals surface area contributed by atoms with Crippen LogP contribution in [0.1, 0.15) is 318 Å². The molecule has 2 aliphatic carbocycles. The summed E-state index contributed by atoms with van der Waals surface area (Å²) in [6, 6.07) is 57.2. The topological polar surface area (TPSA) is 250 Å². The molecule has 0 spiro atoms. The Morgan fingerprint density at radius 2 is 0.478 bits per heavy atom. The highest BCUT2D eigenvalue weighted by atomic mass is 15.5. The van der Waals surface area contributed by atoms with Gasteiger partial charge in [0.15, 0.2) is 5.82 Å². The summed E-state index contributed by atoms with van der Waals surface area (Å²) in [4.78, 5) is 11.2. The number of tetrazole rings is 1. The van der Waals surface area contributed by atoms with Gasteiger partial charge in [-0.3, -0.25) is 0 Å². The molecule has 0 radical (unpaired) electrons. The van der Waals surface area contributed by atoms with Crippen LogP contribution in [0.5, 0.6) is 0 Å². The van der Waals surface area contributed by atoms with Crippen LogP contribution < -0.4 is 26.6 Å². The SMILES string of the molecule is C.CC.CC1=C(C)Cc2ccccc2C1.CC1=C(C)Cc2ccccc2C1.CC1=C(C)Nc2ccccc2C1.CC1=C(C)Nc2ccccc2C1.CC1=C(C)Nc2ccccc2C1.CC1=C(C)Nc2ccccc2C1.CCC#N.CCC#N.CCC#N.CCC(C)=N.CCC(C)=N.CCN(C)CC.CCN(C)CC.CCN(C)CC.CCN(C)CC.CCN(C)CC.CCNC.CCc1nn[nH]n1. The van der Waals surface area contributed by atoms with Gasteiger partial charge in [0, 0.05) is 82.6 Å². The van der Waals surface area contributed by atoms with Gasteiger partial charge < -0.3 is 61.9 Å². The Bertz CT molecular complexity index is 3710. The number of aromatic nitrogens is 4. The van der Waals surface area contributed by atoms with Gasteiger partial charge >= 0.3 is 0 Å². The summed E-state index contributed by atoms with van der Waals surface area (Å²) >= 11 is 0. The first-order valence-electron chi connectivity index (χ1n) is 50.8. The summed E-state index contributed by atoms with van der Waals surface area (Å²) < 4.78 is 0. The number of allylic oxidation sites excluding steroid dienone is 12. The van der Waals surface area contributed by atoms with Gasteiger partial charge in [0.25, 0.3) is 0 Å². The third-order valence-electron chi connectivity index (χ3n) is 23.2. The molecular formula is C119H203N19. The number of nitriles is 3. The fraction of sp³-hybridized carbons (Fsp3) is 0.546. The molecule has 0 fully saturated rings. The quantitative estimate of drug-likeness (QED) is 0.0372. The van der Waals surface area contributed by atoms with Crippen molar-refractivity contribution in [1.82, 2.24) is 50.4 Å². The minimum atomic E-state index is 0. The summed E-state index contributed by atoms with van der Waals surface area (Å²) in [5, 5.41) is 65.9. The zero-order valence-electron chi connectivity index (χ0n) is 94.5. The van der Waals surface area contributed by atoms with Crippen molar-refractivity contribution in [3.63, 3.8) is 0 Å². The normalized spacial score (nSPS) is 12.1. The standard InChI is InChI=1S/2C12H14.4C11H13N.5C5H13N.2C4H9N.C3H6N4.C3H9N.3C3H5N.C2H6.CH4/c2*1-9-7-11-5-3-4-6-12(11)8-10(9)2;4*1-8-7-10-5-3-4-6-11(10)12-9(8)2;5*1-4-6(3)5-2;2*1-3-4(2)5;1-2-3-4-6-7-5-3;1-3-4-2;3*1-2-3-4;1-2;/h2*3-6H,7-8H2,1-2H3;4*3-6,12H,7H2,1-2H3;5*4-5H2,1-3H3;2*5H,3H2,1-2H3;2H2,1H3,(H,4,5,6,7);4H,3H2,1-2H3;3*2H2,1H3;1-2H3;1H4. The predicted molar refractivity (Wildman–Crippen MR) is 614 cm³/mol. The van der Waals surface area contributed by atoms with Crippen LogP contribution in [0.4, 0.5) is 22.7 Å². The van der Waals surface area contributed by atoms with E-state index < -0.39 is 0 Å². The van der Waals surface area contributed by atoms with Crippen molar-refractivity contribution in [1.29, 1.82) is 26.6 Å². The van der Waals surface area contributed by atoms with Gasteiger partial charge in [-0.2, -0.15) is 21.0 Å². The van der Waals surface area contributed by atoms with Gasteiger partial charge in [-0.05, 0) is 366 Å². The maximum atomic E-state index is 7.62. The first-order chi connectivity index (χ1) is 65.3. The highest BCUT2D eigenvalue weighted by Gasteiger charge is 2.16. The van der Waals surface area contributed by atoms with E-state index in [1.54, 1.807) is 36.1 Å². The molecule has 13 rings (SSSR count). The maximum Gasteiger partial charge on any atom is 0.174 e. The zero-order valence-corrected chi connectivity index (χ0v) is 94.5. The molecule has 1 aromatic heterocycles. The molecular weight excluding hydrogens is 1700 g/mol. The van der Waals surface area contributed by atoms with Crippen LogP contribution in [-0.2, 0) is 57.8 Å². The third-order valence-corrected chi connectivity index (χ3v) is 23.2. The molecule has 774 valence electrons. The number of hydrogen-bond acceptors (Lipinski definition) is 18. The monoisotopic (exact) mass is 1900 g/mol. The molecule has 5 heterocycles. The Labute approximate surface area is 849 Å². The molecule has 8 N–H and O–H groups in total. The number of aromatic amines is 1. The highest BCUT2D eigenvalue weighted by Crippen LogP contribution is 2.31. The van der Waals surface area contributed by atoms with Crippen LogP contribution in [0.15, 0.2) is 213 Å². The van der Waals surface area contributed by atoms with E-state index >= 15 is 0 Å². The number of fused-ring (bicyclic) bond motifs is 6. The van der Waals surface area contributed by atoms with Crippen LogP contribution in [0.25, 0.3) is 0 Å². The van der Waals surface area contributed by atoms with Crippen molar-refractivity contribution in [3.05, 3.63) is 263 Å². The van der Waals surface area contributed by atoms with Crippen LogP contribution in [0, 0.1) is 44.8 Å². The minimum absolute atomic E-state index is 0. The Kier molecular flexibility index (Phi) is 94.7. The predicted octanol–water partition coefficient (Wildman–Crippen LogP) is 30.1. The highest BCUT2D eigenvalue weighted by molar-refractivity contribution is 5.78. The van der Waals surface area contributed by atoms with E-state index in [9.17, 15) is 0 Å². The van der Waals surface area contributed by atoms with Gasteiger partial charge in [-0.15, -0.1) is 10.2 Å². The average molecular weight is 1900 g/mol. The van der Waals surface area contributed by atoms with Crippen molar-refractivity contribution in [2.75, 3.05) is 136 Å². The number of aryl methyl sites for hydroxylation is 1. The van der Waals surface area contributed by atoms with E-state index in [1.807, 2.05) is 80.6 Å². The Morgan fingerprint density at radius 3 is 0.594 bits per heavy atom. The van der Waals surface area contributed by atoms with Gasteiger partial charge in [0.05, 0.1) is 18.2 Å². The molecule has 0 bridgehead atoms. The Morgan fingerprint density at radius 1 is 0.319 bits per heavy atom. The lowest BCUT2D eigenvalue weighted by atomic mass is 9.88. The molecule has 19 nitrogen and oxygen atoms in total. The molecule has 6 aromatic carbocycles. The molecule has 7 aromatic rings. The van der Waals surface area contributed by atoms with Gasteiger partial charge in [-0.1, -0.05) is 288 Å². The van der Waals surface area contributed by atoms with Crippen molar-refractivity contribution in [2.24, 2.45) is 0 Å². The second kappa shape index (κ2) is 92.9. The van der Waals surface area contributed by atoms with E-state index in [4.69, 9.17) is 26.6 Å². The maximum absolute atomic E-state index is 7.62. The Hall–Kier alpha value is -10.4. The summed E-state index contributed by atoms with van der Waals surface area (Å²) in [7, 11) is 12.5. The van der Waals surface area contributed by atoms with Crippen molar-refractivity contribution < 1.29 is 0 Å². The number of nitrogens with zero attached hydrogens (tertiary/aromatic N) is 11. The van der Waals surface area contributed by atoms with Gasteiger partial charge in [-0.25, -0.2) is 0 Å². The molecule has 0 saturated carbocycles. The number of hydrogen-bond donors (Lipinski definition) is 8. The van der Waals surface area contributed by atoms with Gasteiger partial charge in [0.2, 0.25) is 0 Å². The summed E-state index contributed by atoms with van der Waals surface area (Å²) in [5.74, 6) is 0.764. The van der Waals surface area contributed by atoms with Crippen LogP contribution in [-0.4, -0.2) is 171 Å². The van der Waals surface area contributed by atoms with E-state index in [2.05, 4.69) is 412 Å². The first-order valence-corrected chi connectivity index (χ1v) is 50.8. The van der Waals surface area contributed by atoms with Crippen molar-refractivity contribution in [3.8, 4) is 18.2 Å². The second-order valence-electron chi connectivity index (χ2n) is 34.0. The number of anilines is 4. The third kappa shape index (κ3) is 72.0. The number of nitrogens with one attached hydrogen (secondary N) is 8. The smallest absolute Gasteiger partial charge is 0.174 e. The Balaban J connectivity index is -0.000000267. The fourth-order valence-electron chi connectivity index (χ4n) is 11.1. The molecule has 19 heteroatoms. The van der Waals surface area contributed by atoms with Crippen LogP contribution in [0.2, 0.25) is 0 Å². The fourth-order valence-corrected chi connectivity index (χ4v) is 11.1. The molecule has 0 saturated heterocycles. The lowest BCUT2D eigenvalue weighted by molar-refractivity contribution is 0.373. The zero-order chi connectivity index (χ0) is 106. The second-order valence-corrected chi connectivity index (χ2v) is 34.0. The lowest BCUT2D eigenvalue weighted by Crippen LogP contribution is -2.15. The summed E-state index contributed by atoms with van der Waals surface area (Å²) in [6.45, 7) is 81.5. The number of para-hydroxylation sites is 4. The van der Waals surface area contributed by atoms with E-state index in [-0.39, 0.29) is 7.43 Å². The lowest BCUT2D eigenvalue weighted by Gasteiger charge is -2.20. The van der Waals surface area contributed by atoms with Gasteiger partial charge in [0.1, 0.15) is 0 Å². The van der Waals surface area contributed by atoms with Crippen molar-refractivity contribution in [2.45, 2.75) is 326 Å². The van der Waals surface area contributed by atoms with E-state index in [1.165, 1.54) is 112 Å². The van der Waals surface area contributed by atoms with Crippen molar-refractivity contribution >= 4 is 34.2 Å². The molecule has 0 unspecified atom stereocenters. The molecule has 0 amide bonds. The first kappa shape index (κ1) is 141. The molecule has 6 aliphatic rings. The summed E-state index contributed by atoms with van der Waals surface area (Å²) in [6.07, 6.45) is 13.5. The molecule has 0 atom stereocenters.